The zero-order chi connectivity index (χ0) is 22.3. The Balaban J connectivity index is 1.88. The second kappa shape index (κ2) is 10.5. The number of rotatable bonds is 8. The number of nitrogens with one attached hydrogen (secondary N) is 2. The number of hydrogen-bond donors (Lipinski definition) is 2. The maximum atomic E-state index is 12.4. The number of halogens is 2. The molecule has 0 atom stereocenters. The zero-order valence-electron chi connectivity index (χ0n) is 17.3. The van der Waals surface area contributed by atoms with Crippen molar-refractivity contribution in [1.82, 2.24) is 10.2 Å². The van der Waals surface area contributed by atoms with E-state index in [4.69, 9.17) is 4.74 Å². The maximum Gasteiger partial charge on any atom is 0.387 e. The minimum absolute atomic E-state index is 0.0437. The van der Waals surface area contributed by atoms with Gasteiger partial charge in [-0.3, -0.25) is 15.0 Å². The highest BCUT2D eigenvalue weighted by Gasteiger charge is 2.14. The second-order valence-corrected chi connectivity index (χ2v) is 6.86. The van der Waals surface area contributed by atoms with Gasteiger partial charge in [-0.2, -0.15) is 8.78 Å². The fraction of sp³-hybridized carbons (Fsp3) is 0.333. The number of alkyl halides is 2. The first-order valence-corrected chi connectivity index (χ1v) is 9.16. The first-order valence-electron chi connectivity index (χ1n) is 9.16. The molecule has 0 aliphatic heterocycles. The molecule has 2 aromatic carbocycles. The molecule has 7 nitrogen and oxygen atoms in total. The van der Waals surface area contributed by atoms with Crippen molar-refractivity contribution in [2.45, 2.75) is 27.0 Å². The third-order valence-corrected chi connectivity index (χ3v) is 4.19. The number of methoxy groups -OCH3 is 1. The predicted octanol–water partition coefficient (Wildman–Crippen LogP) is 3.69. The molecule has 0 saturated carbocycles. The van der Waals surface area contributed by atoms with Crippen LogP contribution in [0.3, 0.4) is 0 Å². The Bertz CT molecular complexity index is 906. The van der Waals surface area contributed by atoms with Crippen LogP contribution in [0.5, 0.6) is 11.5 Å². The molecule has 162 valence electrons. The molecule has 0 fully saturated rings. The Morgan fingerprint density at radius 3 is 2.47 bits per heavy atom. The van der Waals surface area contributed by atoms with E-state index in [9.17, 15) is 18.4 Å². The fourth-order valence-corrected chi connectivity index (χ4v) is 2.89. The van der Waals surface area contributed by atoms with Gasteiger partial charge in [-0.25, -0.2) is 4.79 Å². The van der Waals surface area contributed by atoms with Crippen LogP contribution in [-0.4, -0.2) is 44.2 Å². The summed E-state index contributed by atoms with van der Waals surface area (Å²) in [7, 11) is 3.04. The van der Waals surface area contributed by atoms with Gasteiger partial charge < -0.3 is 14.8 Å². The molecular formula is C21H25F2N3O4. The minimum atomic E-state index is -2.95. The van der Waals surface area contributed by atoms with Crippen molar-refractivity contribution in [3.63, 3.8) is 0 Å². The van der Waals surface area contributed by atoms with Gasteiger partial charge in [0.1, 0.15) is 0 Å². The molecule has 0 spiro atoms. The SMILES string of the molecule is COc1cc(CN(C)CC(=O)NC(=O)Nc2ccc(C)cc2C)ccc1OC(F)F. The number of hydrogen-bond acceptors (Lipinski definition) is 5. The molecule has 2 aromatic rings. The monoisotopic (exact) mass is 421 g/mol. The third-order valence-electron chi connectivity index (χ3n) is 4.19. The van der Waals surface area contributed by atoms with Crippen molar-refractivity contribution in [3.05, 3.63) is 53.1 Å². The van der Waals surface area contributed by atoms with Crippen molar-refractivity contribution in [2.24, 2.45) is 0 Å². The van der Waals surface area contributed by atoms with Crippen LogP contribution >= 0.6 is 0 Å². The average Bonchev–Trinajstić information content (AvgIpc) is 2.64. The Hall–Kier alpha value is -3.20. The van der Waals surface area contributed by atoms with Crippen molar-refractivity contribution >= 4 is 17.6 Å². The zero-order valence-corrected chi connectivity index (χ0v) is 17.3. The van der Waals surface area contributed by atoms with E-state index < -0.39 is 18.5 Å². The summed E-state index contributed by atoms with van der Waals surface area (Å²) in [6, 6.07) is 9.48. The number of aryl methyl sites for hydroxylation is 2. The molecule has 0 unspecified atom stereocenters. The molecule has 0 aliphatic carbocycles. The highest BCUT2D eigenvalue weighted by atomic mass is 19.3. The van der Waals surface area contributed by atoms with Gasteiger partial charge in [0, 0.05) is 12.2 Å². The summed E-state index contributed by atoms with van der Waals surface area (Å²) in [5.41, 5.74) is 3.31. The number of nitrogens with zero attached hydrogens (tertiary/aromatic N) is 1. The van der Waals surface area contributed by atoms with Crippen LogP contribution in [0.4, 0.5) is 19.3 Å². The number of anilines is 1. The number of ether oxygens (including phenoxy) is 2. The van der Waals surface area contributed by atoms with Gasteiger partial charge in [0.2, 0.25) is 5.91 Å². The number of benzene rings is 2. The Labute approximate surface area is 174 Å². The molecule has 0 aliphatic rings. The van der Waals surface area contributed by atoms with E-state index in [-0.39, 0.29) is 18.0 Å². The lowest BCUT2D eigenvalue weighted by Crippen LogP contribution is -2.40. The fourth-order valence-electron chi connectivity index (χ4n) is 2.89. The van der Waals surface area contributed by atoms with E-state index in [2.05, 4.69) is 15.4 Å². The minimum Gasteiger partial charge on any atom is -0.493 e. The molecule has 2 N–H and O–H groups in total. The second-order valence-electron chi connectivity index (χ2n) is 6.86. The summed E-state index contributed by atoms with van der Waals surface area (Å²) in [6.45, 7) is 1.15. The number of carbonyl (C=O) groups excluding carboxylic acids is 2. The lowest BCUT2D eigenvalue weighted by atomic mass is 10.1. The van der Waals surface area contributed by atoms with Gasteiger partial charge in [-0.05, 0) is 50.2 Å². The quantitative estimate of drug-likeness (QED) is 0.680. The van der Waals surface area contributed by atoms with Crippen molar-refractivity contribution < 1.29 is 27.8 Å². The third kappa shape index (κ3) is 7.00. The lowest BCUT2D eigenvalue weighted by molar-refractivity contribution is -0.120. The maximum absolute atomic E-state index is 12.4. The van der Waals surface area contributed by atoms with Crippen LogP contribution in [-0.2, 0) is 11.3 Å². The summed E-state index contributed by atoms with van der Waals surface area (Å²) >= 11 is 0. The van der Waals surface area contributed by atoms with Gasteiger partial charge >= 0.3 is 12.6 Å². The van der Waals surface area contributed by atoms with Crippen LogP contribution in [0.1, 0.15) is 16.7 Å². The van der Waals surface area contributed by atoms with Gasteiger partial charge in [0.05, 0.1) is 13.7 Å². The molecule has 3 amide bonds. The van der Waals surface area contributed by atoms with Crippen LogP contribution < -0.4 is 20.1 Å². The molecule has 0 bridgehead atoms. The molecule has 0 saturated heterocycles. The lowest BCUT2D eigenvalue weighted by Gasteiger charge is -2.18. The molecule has 2 rings (SSSR count). The summed E-state index contributed by atoms with van der Waals surface area (Å²) in [4.78, 5) is 25.9. The highest BCUT2D eigenvalue weighted by Crippen LogP contribution is 2.29. The molecule has 0 radical (unpaired) electrons. The normalized spacial score (nSPS) is 10.8. The smallest absolute Gasteiger partial charge is 0.387 e. The number of carbonyl (C=O) groups is 2. The summed E-state index contributed by atoms with van der Waals surface area (Å²) < 4.78 is 34.3. The Kier molecular flexibility index (Phi) is 8.11. The van der Waals surface area contributed by atoms with Crippen molar-refractivity contribution in [1.29, 1.82) is 0 Å². The van der Waals surface area contributed by atoms with E-state index in [1.165, 1.54) is 13.2 Å². The van der Waals surface area contributed by atoms with Gasteiger partial charge in [0.25, 0.3) is 0 Å². The molecule has 0 heterocycles. The Morgan fingerprint density at radius 1 is 1.10 bits per heavy atom. The van der Waals surface area contributed by atoms with Crippen LogP contribution in [0.2, 0.25) is 0 Å². The van der Waals surface area contributed by atoms with E-state index in [1.807, 2.05) is 26.0 Å². The first kappa shape index (κ1) is 23.1. The summed E-state index contributed by atoms with van der Waals surface area (Å²) in [6.07, 6.45) is 0. The van der Waals surface area contributed by atoms with Crippen LogP contribution in [0.15, 0.2) is 36.4 Å². The number of imide groups is 1. The van der Waals surface area contributed by atoms with Gasteiger partial charge in [-0.1, -0.05) is 23.8 Å². The predicted molar refractivity (Wildman–Crippen MR) is 109 cm³/mol. The van der Waals surface area contributed by atoms with Gasteiger partial charge in [-0.15, -0.1) is 0 Å². The molecular weight excluding hydrogens is 396 g/mol. The number of urea groups is 1. The standard InChI is InChI=1S/C21H25F2N3O4/c1-13-5-7-16(14(2)9-13)24-21(28)25-19(27)12-26(3)11-15-6-8-17(30-20(22)23)18(10-15)29-4/h5-10,20H,11-12H2,1-4H3,(H2,24,25,27,28). The van der Waals surface area contributed by atoms with E-state index >= 15 is 0 Å². The summed E-state index contributed by atoms with van der Waals surface area (Å²) in [5, 5.41) is 4.93. The number of amides is 3. The molecule has 9 heteroatoms. The van der Waals surface area contributed by atoms with E-state index in [1.54, 1.807) is 30.1 Å². The molecule has 0 aromatic heterocycles. The van der Waals surface area contributed by atoms with Gasteiger partial charge in [0.15, 0.2) is 11.5 Å². The van der Waals surface area contributed by atoms with E-state index in [0.717, 1.165) is 16.7 Å². The van der Waals surface area contributed by atoms with E-state index in [0.29, 0.717) is 12.2 Å². The largest absolute Gasteiger partial charge is 0.493 e. The first-order chi connectivity index (χ1) is 14.2. The van der Waals surface area contributed by atoms with Crippen LogP contribution in [0, 0.1) is 13.8 Å². The number of likely N-dealkylation sites (N-methyl/N-ethyl adjacent to an activating group) is 1. The topological polar surface area (TPSA) is 79.9 Å². The van der Waals surface area contributed by atoms with Crippen molar-refractivity contribution in [2.75, 3.05) is 26.0 Å². The summed E-state index contributed by atoms with van der Waals surface area (Å²) in [5.74, 6) is -0.386. The average molecular weight is 421 g/mol. The highest BCUT2D eigenvalue weighted by molar-refractivity contribution is 6.02. The van der Waals surface area contributed by atoms with Crippen LogP contribution in [0.25, 0.3) is 0 Å². The Morgan fingerprint density at radius 2 is 1.83 bits per heavy atom. The van der Waals surface area contributed by atoms with Crippen molar-refractivity contribution in [3.8, 4) is 11.5 Å². The molecule has 30 heavy (non-hydrogen) atoms.